The van der Waals surface area contributed by atoms with Crippen LogP contribution in [-0.4, -0.2) is 144 Å². The van der Waals surface area contributed by atoms with Gasteiger partial charge in [-0.15, -0.1) is 22.7 Å². The Balaban J connectivity index is 0.000000170. The molecule has 0 aliphatic carbocycles. The number of nitrogens with zero attached hydrogens (tertiary/aromatic N) is 6. The lowest BCUT2D eigenvalue weighted by molar-refractivity contribution is -0.190. The van der Waals surface area contributed by atoms with Crippen LogP contribution in [0.5, 0.6) is 0 Å². The number of alkyl halides is 3. The van der Waals surface area contributed by atoms with E-state index in [0.717, 1.165) is 129 Å². The van der Waals surface area contributed by atoms with E-state index in [-0.39, 0.29) is 18.5 Å². The molecule has 4 atom stereocenters. The van der Waals surface area contributed by atoms with Crippen molar-refractivity contribution in [3.8, 4) is 0 Å². The van der Waals surface area contributed by atoms with Crippen molar-refractivity contribution < 1.29 is 46.6 Å². The molecule has 362 valence electrons. The molecule has 0 spiro atoms. The van der Waals surface area contributed by atoms with Crippen LogP contribution in [0.25, 0.3) is 20.4 Å². The average Bonchev–Trinajstić information content (AvgIpc) is 3.91. The van der Waals surface area contributed by atoms with Crippen LogP contribution in [0.15, 0.2) is 36.4 Å². The van der Waals surface area contributed by atoms with E-state index < -0.39 is 42.5 Å². The number of rotatable bonds is 7. The maximum atomic E-state index is 12.8. The Kier molecular flexibility index (Phi) is 14.5. The number of hydrogen-bond donors (Lipinski definition) is 1. The SMILES string of the molecule is C[C@H]1CC[C@H](c2ccc3sc(C4CCN(C5COC5)CC4)nc3c2)N(C(=O)C(=O)OCC(F)(F)F)C1.C[C@H]1CC[C@H](c2ccc3sc(C4CCN(C5COC5)CC4)nc3c2)N(C(=O)C(N)=O)C1. The number of aromatic nitrogens is 2. The summed E-state index contributed by atoms with van der Waals surface area (Å²) < 4.78 is 54.6. The van der Waals surface area contributed by atoms with E-state index in [1.807, 2.05) is 25.1 Å². The van der Waals surface area contributed by atoms with E-state index in [2.05, 4.69) is 39.7 Å². The smallest absolute Gasteiger partial charge is 0.422 e. The fourth-order valence-electron chi connectivity index (χ4n) is 10.5. The Hall–Kier alpha value is -4.27. The molecule has 0 saturated carbocycles. The highest BCUT2D eigenvalue weighted by Crippen LogP contribution is 2.41. The zero-order valence-corrected chi connectivity index (χ0v) is 39.7. The minimum absolute atomic E-state index is 0.112. The van der Waals surface area contributed by atoms with Crippen LogP contribution in [-0.2, 0) is 33.4 Å². The molecule has 3 amide bonds. The predicted octanol–water partition coefficient (Wildman–Crippen LogP) is 6.94. The minimum atomic E-state index is -4.68. The van der Waals surface area contributed by atoms with E-state index in [9.17, 15) is 32.3 Å². The lowest BCUT2D eigenvalue weighted by Gasteiger charge is -2.41. The van der Waals surface area contributed by atoms with Gasteiger partial charge in [-0.2, -0.15) is 13.2 Å². The molecule has 0 unspecified atom stereocenters. The molecule has 0 radical (unpaired) electrons. The molecule has 6 fully saturated rings. The minimum Gasteiger partial charge on any atom is -0.449 e. The van der Waals surface area contributed by atoms with Crippen molar-refractivity contribution in [3.63, 3.8) is 0 Å². The zero-order chi connectivity index (χ0) is 47.0. The van der Waals surface area contributed by atoms with Gasteiger partial charge in [0.25, 0.3) is 0 Å². The number of carbonyl (C=O) groups is 4. The molecule has 6 aliphatic heterocycles. The summed E-state index contributed by atoms with van der Waals surface area (Å²) >= 11 is 3.49. The summed E-state index contributed by atoms with van der Waals surface area (Å²) in [7, 11) is 0. The third kappa shape index (κ3) is 11.0. The largest absolute Gasteiger partial charge is 0.449 e. The van der Waals surface area contributed by atoms with Crippen LogP contribution in [0.2, 0.25) is 0 Å². The number of esters is 1. The van der Waals surface area contributed by atoms with E-state index in [0.29, 0.717) is 42.8 Å². The molecular formula is C48H60F3N7O7S2. The highest BCUT2D eigenvalue weighted by molar-refractivity contribution is 7.19. The van der Waals surface area contributed by atoms with Gasteiger partial charge in [-0.05, 0) is 125 Å². The standard InChI is InChI=1S/C25H30F3N3O4S.C23H30N4O3S/c1-15-2-4-20(31(11-15)23(32)24(33)35-14-25(26,27)28)17-3-5-21-19(10-17)29-22(36-21)16-6-8-30(9-7-16)18-12-34-13-18;1-14-2-4-19(27(11-14)23(29)21(24)28)16-3-5-20-18(10-16)25-22(31-20)15-6-8-26(9-7-15)17-12-30-13-17/h3,5,10,15-16,18,20H,2,4,6-9,11-14H2,1H3;3,5,10,14-15,17,19H,2,4,6-9,11-13H2,1H3,(H2,24,28)/t15-,20+;14-,19+/m00/s1. The number of fused-ring (bicyclic) bond motifs is 2. The summed E-state index contributed by atoms with van der Waals surface area (Å²) in [5, 5.41) is 2.34. The van der Waals surface area contributed by atoms with Gasteiger partial charge in [0, 0.05) is 24.9 Å². The summed E-state index contributed by atoms with van der Waals surface area (Å²) in [5.74, 6) is -2.53. The number of ether oxygens (including phenoxy) is 3. The summed E-state index contributed by atoms with van der Waals surface area (Å²) in [6, 6.07) is 12.9. The van der Waals surface area contributed by atoms with Crippen molar-refractivity contribution >= 4 is 66.8 Å². The highest BCUT2D eigenvalue weighted by atomic mass is 32.1. The average molecular weight is 968 g/mol. The lowest BCUT2D eigenvalue weighted by atomic mass is 9.89. The molecule has 14 nitrogen and oxygen atoms in total. The number of hydrogen-bond acceptors (Lipinski definition) is 13. The third-order valence-corrected chi connectivity index (χ3v) is 17.0. The van der Waals surface area contributed by atoms with Gasteiger partial charge in [0.2, 0.25) is 0 Å². The normalized spacial score (nSPS) is 25.3. The molecule has 2 aromatic heterocycles. The monoisotopic (exact) mass is 967 g/mol. The highest BCUT2D eigenvalue weighted by Gasteiger charge is 2.39. The summed E-state index contributed by atoms with van der Waals surface area (Å²) in [4.78, 5) is 66.9. The van der Waals surface area contributed by atoms with E-state index >= 15 is 0 Å². The number of amides is 3. The third-order valence-electron chi connectivity index (χ3n) is 14.6. The second-order valence-electron chi connectivity index (χ2n) is 19.4. The van der Waals surface area contributed by atoms with Crippen molar-refractivity contribution in [2.24, 2.45) is 17.6 Å². The molecule has 0 bridgehead atoms. The van der Waals surface area contributed by atoms with Gasteiger partial charge in [0.1, 0.15) is 0 Å². The topological polar surface area (TPSA) is 161 Å². The van der Waals surface area contributed by atoms with Crippen molar-refractivity contribution in [3.05, 3.63) is 57.5 Å². The molecule has 67 heavy (non-hydrogen) atoms. The number of thiazole rings is 2. The van der Waals surface area contributed by atoms with Crippen LogP contribution in [0.1, 0.15) is 110 Å². The number of carbonyl (C=O) groups excluding carboxylic acids is 4. The first kappa shape index (κ1) is 47.8. The van der Waals surface area contributed by atoms with Gasteiger partial charge >= 0.3 is 29.9 Å². The van der Waals surface area contributed by atoms with E-state index in [1.54, 1.807) is 27.6 Å². The van der Waals surface area contributed by atoms with Crippen molar-refractivity contribution in [1.29, 1.82) is 0 Å². The van der Waals surface area contributed by atoms with Crippen molar-refractivity contribution in [2.45, 2.75) is 107 Å². The number of piperidine rings is 4. The van der Waals surface area contributed by atoms with Gasteiger partial charge < -0.3 is 29.7 Å². The maximum Gasteiger partial charge on any atom is 0.422 e. The summed E-state index contributed by atoms with van der Waals surface area (Å²) in [6.07, 6.45) is 3.06. The molecule has 8 heterocycles. The van der Waals surface area contributed by atoms with Gasteiger partial charge in [0.15, 0.2) is 6.61 Å². The Morgan fingerprint density at radius 3 is 1.49 bits per heavy atom. The van der Waals surface area contributed by atoms with Crippen LogP contribution in [0.4, 0.5) is 13.2 Å². The number of primary amides is 1. The first-order valence-electron chi connectivity index (χ1n) is 23.8. The van der Waals surface area contributed by atoms with Crippen LogP contribution in [0, 0.1) is 11.8 Å². The van der Waals surface area contributed by atoms with Crippen LogP contribution in [0.3, 0.4) is 0 Å². The quantitative estimate of drug-likeness (QED) is 0.151. The summed E-state index contributed by atoms with van der Waals surface area (Å²) in [6.45, 7) is 10.9. The van der Waals surface area contributed by atoms with E-state index in [4.69, 9.17) is 25.2 Å². The molecule has 2 aromatic carbocycles. The predicted molar refractivity (Wildman–Crippen MR) is 247 cm³/mol. The number of nitrogens with two attached hydrogens (primary N) is 1. The molecule has 10 rings (SSSR count). The number of likely N-dealkylation sites (tertiary alicyclic amines) is 4. The first-order chi connectivity index (χ1) is 32.2. The van der Waals surface area contributed by atoms with Gasteiger partial charge in [-0.25, -0.2) is 14.8 Å². The van der Waals surface area contributed by atoms with E-state index in [1.165, 1.54) is 14.6 Å². The van der Waals surface area contributed by atoms with Crippen LogP contribution >= 0.6 is 22.7 Å². The van der Waals surface area contributed by atoms with Crippen molar-refractivity contribution in [2.75, 3.05) is 72.3 Å². The van der Waals surface area contributed by atoms with Gasteiger partial charge in [0.05, 0.1) is 81.0 Å². The molecular weight excluding hydrogens is 908 g/mol. The Bertz CT molecular complexity index is 2430. The fourth-order valence-corrected chi connectivity index (χ4v) is 12.7. The van der Waals surface area contributed by atoms with Crippen molar-refractivity contribution in [1.82, 2.24) is 29.6 Å². The zero-order valence-electron chi connectivity index (χ0n) is 38.1. The lowest BCUT2D eigenvalue weighted by Crippen LogP contribution is -2.51. The molecule has 4 aromatic rings. The molecule has 19 heteroatoms. The van der Waals surface area contributed by atoms with Crippen LogP contribution < -0.4 is 5.73 Å². The van der Waals surface area contributed by atoms with Gasteiger partial charge in [-0.3, -0.25) is 24.2 Å². The summed E-state index contributed by atoms with van der Waals surface area (Å²) in [5.41, 5.74) is 9.05. The molecule has 2 N–H and O–H groups in total. The maximum absolute atomic E-state index is 12.8. The van der Waals surface area contributed by atoms with Gasteiger partial charge in [-0.1, -0.05) is 26.0 Å². The second kappa shape index (κ2) is 20.4. The molecule has 6 saturated heterocycles. The Morgan fingerprint density at radius 1 is 0.672 bits per heavy atom. The number of benzene rings is 2. The second-order valence-corrected chi connectivity index (χ2v) is 21.6. The Labute approximate surface area is 396 Å². The fraction of sp³-hybridized carbons (Fsp3) is 0.625. The Morgan fingerprint density at radius 2 is 1.10 bits per heavy atom. The molecule has 6 aliphatic rings. The first-order valence-corrected chi connectivity index (χ1v) is 25.4. The number of halogens is 3.